The minimum atomic E-state index is -0.150. The Balaban J connectivity index is 1.48. The quantitative estimate of drug-likeness (QED) is 0.475. The summed E-state index contributed by atoms with van der Waals surface area (Å²) in [6.45, 7) is 2.86. The third kappa shape index (κ3) is 3.47. The Morgan fingerprint density at radius 3 is 2.76 bits per heavy atom. The summed E-state index contributed by atoms with van der Waals surface area (Å²) >= 11 is 0. The average Bonchev–Trinajstić information content (AvgIpc) is 3.25. The Hall–Kier alpha value is -3.61. The van der Waals surface area contributed by atoms with Crippen LogP contribution in [0.5, 0.6) is 0 Å². The third-order valence-electron chi connectivity index (χ3n) is 5.16. The zero-order valence-electron chi connectivity index (χ0n) is 16.1. The molecule has 7 nitrogen and oxygen atoms in total. The van der Waals surface area contributed by atoms with E-state index in [0.29, 0.717) is 6.04 Å². The highest BCUT2D eigenvalue weighted by Crippen LogP contribution is 2.35. The van der Waals surface area contributed by atoms with Crippen molar-refractivity contribution in [2.24, 2.45) is 0 Å². The van der Waals surface area contributed by atoms with Crippen molar-refractivity contribution in [2.75, 3.05) is 5.32 Å². The summed E-state index contributed by atoms with van der Waals surface area (Å²) in [5.74, 6) is 0. The molecule has 1 fully saturated rings. The molecular formula is C22H22N6O. The highest BCUT2D eigenvalue weighted by Gasteiger charge is 2.23. The van der Waals surface area contributed by atoms with E-state index in [2.05, 4.69) is 33.7 Å². The molecule has 0 radical (unpaired) electrons. The van der Waals surface area contributed by atoms with Crippen LogP contribution in [-0.4, -0.2) is 31.8 Å². The van der Waals surface area contributed by atoms with E-state index in [0.717, 1.165) is 58.5 Å². The van der Waals surface area contributed by atoms with Crippen molar-refractivity contribution in [1.82, 2.24) is 25.1 Å². The number of rotatable bonds is 5. The van der Waals surface area contributed by atoms with Gasteiger partial charge in [-0.3, -0.25) is 4.68 Å². The standard InChI is InChI=1S/C22H22N6O/c1-2-28-13-19(17-9-11-23-21-18(17)10-12-24-21)20(27-28)14-3-5-15(6-4-14)25-22(29)26-16-7-8-16/h3-6,9-13,16H,2,7-8H2,1H3,(H,23,24)(H2,25,26,29). The van der Waals surface area contributed by atoms with Gasteiger partial charge in [-0.2, -0.15) is 5.10 Å². The molecule has 1 aliphatic rings. The summed E-state index contributed by atoms with van der Waals surface area (Å²) in [5, 5.41) is 11.7. The van der Waals surface area contributed by atoms with Crippen molar-refractivity contribution in [1.29, 1.82) is 0 Å². The van der Waals surface area contributed by atoms with Gasteiger partial charge in [-0.15, -0.1) is 0 Å². The second-order valence-corrected chi connectivity index (χ2v) is 7.30. The number of benzene rings is 1. The van der Waals surface area contributed by atoms with Gasteiger partial charge in [0.2, 0.25) is 0 Å². The molecule has 0 bridgehead atoms. The molecule has 2 amide bonds. The number of nitrogens with one attached hydrogen (secondary N) is 3. The number of hydrogen-bond donors (Lipinski definition) is 3. The number of amides is 2. The molecule has 0 saturated heterocycles. The number of aromatic nitrogens is 4. The number of urea groups is 1. The zero-order chi connectivity index (χ0) is 19.8. The van der Waals surface area contributed by atoms with Crippen LogP contribution in [0.1, 0.15) is 19.8 Å². The van der Waals surface area contributed by atoms with Crippen LogP contribution in [0.3, 0.4) is 0 Å². The van der Waals surface area contributed by atoms with Gasteiger partial charge in [0.15, 0.2) is 0 Å². The fourth-order valence-electron chi connectivity index (χ4n) is 3.48. The van der Waals surface area contributed by atoms with Crippen LogP contribution < -0.4 is 10.6 Å². The topological polar surface area (TPSA) is 87.6 Å². The number of fused-ring (bicyclic) bond motifs is 1. The minimum Gasteiger partial charge on any atom is -0.346 e. The fourth-order valence-corrected chi connectivity index (χ4v) is 3.48. The van der Waals surface area contributed by atoms with Crippen LogP contribution in [0.4, 0.5) is 10.5 Å². The minimum absolute atomic E-state index is 0.150. The van der Waals surface area contributed by atoms with Gasteiger partial charge < -0.3 is 15.6 Å². The summed E-state index contributed by atoms with van der Waals surface area (Å²) in [6.07, 6.45) is 7.93. The molecule has 3 aromatic heterocycles. The van der Waals surface area contributed by atoms with Gasteiger partial charge in [0.1, 0.15) is 11.3 Å². The van der Waals surface area contributed by atoms with E-state index in [4.69, 9.17) is 5.10 Å². The molecule has 4 aromatic rings. The monoisotopic (exact) mass is 386 g/mol. The molecule has 0 aliphatic heterocycles. The van der Waals surface area contributed by atoms with Crippen LogP contribution in [0.2, 0.25) is 0 Å². The van der Waals surface area contributed by atoms with Gasteiger partial charge in [-0.05, 0) is 49.6 Å². The van der Waals surface area contributed by atoms with E-state index >= 15 is 0 Å². The molecule has 29 heavy (non-hydrogen) atoms. The number of anilines is 1. The van der Waals surface area contributed by atoms with Crippen LogP contribution in [0.25, 0.3) is 33.4 Å². The van der Waals surface area contributed by atoms with E-state index < -0.39 is 0 Å². The first-order valence-corrected chi connectivity index (χ1v) is 9.89. The lowest BCUT2D eigenvalue weighted by Gasteiger charge is -2.08. The molecule has 3 N–H and O–H groups in total. The van der Waals surface area contributed by atoms with Crippen LogP contribution in [0, 0.1) is 0 Å². The van der Waals surface area contributed by atoms with Gasteiger partial charge in [-0.1, -0.05) is 12.1 Å². The number of pyridine rings is 1. The fraction of sp³-hybridized carbons (Fsp3) is 0.227. The Morgan fingerprint density at radius 2 is 2.00 bits per heavy atom. The Morgan fingerprint density at radius 1 is 1.17 bits per heavy atom. The summed E-state index contributed by atoms with van der Waals surface area (Å²) in [6, 6.07) is 12.1. The molecule has 5 rings (SSSR count). The highest BCUT2D eigenvalue weighted by atomic mass is 16.2. The van der Waals surface area contributed by atoms with Gasteiger partial charge in [0, 0.05) is 53.4 Å². The molecule has 0 unspecified atom stereocenters. The summed E-state index contributed by atoms with van der Waals surface area (Å²) in [5.41, 5.74) is 5.69. The normalized spacial score (nSPS) is 13.6. The van der Waals surface area contributed by atoms with E-state index in [1.165, 1.54) is 0 Å². The first-order chi connectivity index (χ1) is 14.2. The molecule has 7 heteroatoms. The first-order valence-electron chi connectivity index (χ1n) is 9.89. The number of H-pyrrole nitrogens is 1. The van der Waals surface area contributed by atoms with Crippen LogP contribution in [-0.2, 0) is 6.54 Å². The van der Waals surface area contributed by atoms with Crippen molar-refractivity contribution in [2.45, 2.75) is 32.4 Å². The Labute approximate surface area is 168 Å². The van der Waals surface area contributed by atoms with E-state index in [1.54, 1.807) is 0 Å². The predicted molar refractivity (Wildman–Crippen MR) is 114 cm³/mol. The smallest absolute Gasteiger partial charge is 0.319 e. The maximum absolute atomic E-state index is 12.0. The van der Waals surface area contributed by atoms with Crippen LogP contribution >= 0.6 is 0 Å². The van der Waals surface area contributed by atoms with Gasteiger partial charge in [-0.25, -0.2) is 9.78 Å². The molecule has 0 atom stereocenters. The van der Waals surface area contributed by atoms with E-state index in [1.807, 2.05) is 53.5 Å². The lowest BCUT2D eigenvalue weighted by atomic mass is 10.0. The highest BCUT2D eigenvalue weighted by molar-refractivity contribution is 5.97. The summed E-state index contributed by atoms with van der Waals surface area (Å²) < 4.78 is 1.94. The lowest BCUT2D eigenvalue weighted by molar-refractivity contribution is 0.251. The van der Waals surface area contributed by atoms with Crippen LogP contribution in [0.15, 0.2) is 55.0 Å². The van der Waals surface area contributed by atoms with Crippen molar-refractivity contribution in [3.8, 4) is 22.4 Å². The molecule has 1 aliphatic carbocycles. The number of carbonyl (C=O) groups excluding carboxylic acids is 1. The summed E-state index contributed by atoms with van der Waals surface area (Å²) in [7, 11) is 0. The molecular weight excluding hydrogens is 364 g/mol. The second-order valence-electron chi connectivity index (χ2n) is 7.30. The number of aromatic amines is 1. The molecule has 0 spiro atoms. The Kier molecular flexibility index (Phi) is 4.27. The molecule has 146 valence electrons. The molecule has 1 saturated carbocycles. The predicted octanol–water partition coefficient (Wildman–Crippen LogP) is 4.40. The van der Waals surface area contributed by atoms with Crippen molar-refractivity contribution >= 4 is 22.8 Å². The third-order valence-corrected chi connectivity index (χ3v) is 5.16. The maximum atomic E-state index is 12.0. The van der Waals surface area contributed by atoms with Gasteiger partial charge in [0.25, 0.3) is 0 Å². The maximum Gasteiger partial charge on any atom is 0.319 e. The summed E-state index contributed by atoms with van der Waals surface area (Å²) in [4.78, 5) is 19.5. The van der Waals surface area contributed by atoms with E-state index in [9.17, 15) is 4.79 Å². The van der Waals surface area contributed by atoms with E-state index in [-0.39, 0.29) is 6.03 Å². The van der Waals surface area contributed by atoms with Crippen molar-refractivity contribution in [3.63, 3.8) is 0 Å². The van der Waals surface area contributed by atoms with Crippen molar-refractivity contribution in [3.05, 3.63) is 55.0 Å². The van der Waals surface area contributed by atoms with Gasteiger partial charge >= 0.3 is 6.03 Å². The largest absolute Gasteiger partial charge is 0.346 e. The molecule has 1 aromatic carbocycles. The lowest BCUT2D eigenvalue weighted by Crippen LogP contribution is -2.30. The first kappa shape index (κ1) is 17.5. The number of aryl methyl sites for hydroxylation is 1. The molecule has 3 heterocycles. The zero-order valence-corrected chi connectivity index (χ0v) is 16.1. The number of carbonyl (C=O) groups is 1. The Bertz CT molecular complexity index is 1170. The van der Waals surface area contributed by atoms with Gasteiger partial charge in [0.05, 0.1) is 0 Å². The number of hydrogen-bond acceptors (Lipinski definition) is 3. The van der Waals surface area contributed by atoms with Crippen molar-refractivity contribution < 1.29 is 4.79 Å². The average molecular weight is 386 g/mol. The second kappa shape index (κ2) is 7.09. The number of nitrogens with zero attached hydrogens (tertiary/aromatic N) is 3. The SMILES string of the molecule is CCn1cc(-c2ccnc3[nH]ccc23)c(-c2ccc(NC(=O)NC3CC3)cc2)n1.